The minimum atomic E-state index is -0.798. The Balaban J connectivity index is 1.59. The third kappa shape index (κ3) is 8.94. The second-order valence-corrected chi connectivity index (χ2v) is 9.97. The van der Waals surface area contributed by atoms with E-state index in [1.807, 2.05) is 18.2 Å². The molecule has 0 aliphatic heterocycles. The average Bonchev–Trinajstić information content (AvgIpc) is 2.89. The van der Waals surface area contributed by atoms with Gasteiger partial charge in [-0.2, -0.15) is 0 Å². The van der Waals surface area contributed by atoms with E-state index < -0.39 is 12.0 Å². The molecule has 36 heavy (non-hydrogen) atoms. The molecular weight excluding hydrogens is 454 g/mol. The van der Waals surface area contributed by atoms with E-state index in [4.69, 9.17) is 5.11 Å². The number of fused-ring (bicyclic) bond motifs is 1. The highest BCUT2D eigenvalue weighted by Crippen LogP contribution is 2.28. The van der Waals surface area contributed by atoms with Crippen LogP contribution in [0, 0.1) is 11.8 Å². The molecule has 0 heterocycles. The smallest absolute Gasteiger partial charge is 0.303 e. The second kappa shape index (κ2) is 14.6. The maximum absolute atomic E-state index is 13.2. The van der Waals surface area contributed by atoms with E-state index in [1.54, 1.807) is 0 Å². The number of benzene rings is 2. The number of aliphatic carboxylic acids is 1. The molecular formula is C29H41N3O4. The van der Waals surface area contributed by atoms with Gasteiger partial charge in [0.2, 0.25) is 11.8 Å². The summed E-state index contributed by atoms with van der Waals surface area (Å²) in [5.74, 6) is -0.444. The van der Waals surface area contributed by atoms with Gasteiger partial charge in [-0.25, -0.2) is 0 Å². The Morgan fingerprint density at radius 2 is 1.72 bits per heavy atom. The molecule has 7 heteroatoms. The van der Waals surface area contributed by atoms with E-state index >= 15 is 0 Å². The van der Waals surface area contributed by atoms with Gasteiger partial charge < -0.3 is 21.1 Å². The largest absolute Gasteiger partial charge is 0.481 e. The Hall–Kier alpha value is -2.93. The number of carboxylic acid groups (broad SMARTS) is 1. The van der Waals surface area contributed by atoms with Crippen LogP contribution in [0.15, 0.2) is 42.5 Å². The topological polar surface area (TPSA) is 108 Å². The van der Waals surface area contributed by atoms with Crippen LogP contribution in [0.25, 0.3) is 10.8 Å². The van der Waals surface area contributed by atoms with Gasteiger partial charge in [0.15, 0.2) is 0 Å². The number of amides is 2. The number of hydrogen-bond donors (Lipinski definition) is 4. The van der Waals surface area contributed by atoms with Crippen molar-refractivity contribution in [2.75, 3.05) is 19.6 Å². The number of carbonyl (C=O) groups is 3. The summed E-state index contributed by atoms with van der Waals surface area (Å²) in [6.07, 6.45) is 6.40. The van der Waals surface area contributed by atoms with Gasteiger partial charge in [-0.05, 0) is 73.9 Å². The van der Waals surface area contributed by atoms with Crippen molar-refractivity contribution >= 4 is 28.6 Å². The molecule has 1 aliphatic carbocycles. The molecule has 0 saturated heterocycles. The summed E-state index contributed by atoms with van der Waals surface area (Å²) in [5, 5.41) is 20.4. The van der Waals surface area contributed by atoms with E-state index in [-0.39, 0.29) is 24.2 Å². The standard InChI is InChI=1S/C29H41N3O4/c1-2-30-20-21-11-15-24(16-12-21)28(35)32-26(29(36)31-17-7-3-4-10-27(33)34)19-22-13-14-23-8-5-6-9-25(23)18-22/h5-6,8-9,13-14,18,21,24,26,30H,2-4,7,10-12,15-17,19-20H2,1H3,(H,31,36)(H,32,35)(H,33,34)/t21?,24?,26-/m0/s1. The van der Waals surface area contributed by atoms with Gasteiger partial charge in [-0.15, -0.1) is 0 Å². The summed E-state index contributed by atoms with van der Waals surface area (Å²) in [6.45, 7) is 4.55. The number of carboxylic acids is 1. The van der Waals surface area contributed by atoms with Crippen molar-refractivity contribution in [2.45, 2.75) is 70.8 Å². The third-order valence-corrected chi connectivity index (χ3v) is 7.15. The summed E-state index contributed by atoms with van der Waals surface area (Å²) in [7, 11) is 0. The predicted molar refractivity (Wildman–Crippen MR) is 143 cm³/mol. The Kier molecular flexibility index (Phi) is 11.2. The average molecular weight is 496 g/mol. The summed E-state index contributed by atoms with van der Waals surface area (Å²) < 4.78 is 0. The normalized spacial score (nSPS) is 18.5. The van der Waals surface area contributed by atoms with E-state index in [1.165, 1.54) is 0 Å². The lowest BCUT2D eigenvalue weighted by atomic mass is 9.81. The highest BCUT2D eigenvalue weighted by molar-refractivity contribution is 5.89. The summed E-state index contributed by atoms with van der Waals surface area (Å²) >= 11 is 0. The zero-order valence-corrected chi connectivity index (χ0v) is 21.4. The molecule has 0 spiro atoms. The Morgan fingerprint density at radius 1 is 0.972 bits per heavy atom. The zero-order valence-electron chi connectivity index (χ0n) is 21.4. The van der Waals surface area contributed by atoms with Gasteiger partial charge in [0.05, 0.1) is 0 Å². The second-order valence-electron chi connectivity index (χ2n) is 9.97. The fourth-order valence-electron chi connectivity index (χ4n) is 4.99. The minimum absolute atomic E-state index is 0.0284. The van der Waals surface area contributed by atoms with Crippen LogP contribution in [-0.2, 0) is 20.8 Å². The molecule has 0 bridgehead atoms. The van der Waals surface area contributed by atoms with Crippen LogP contribution in [0.4, 0.5) is 0 Å². The van der Waals surface area contributed by atoms with E-state index in [0.29, 0.717) is 31.7 Å². The first-order valence-electron chi connectivity index (χ1n) is 13.4. The van der Waals surface area contributed by atoms with Gasteiger partial charge in [-0.1, -0.05) is 55.8 Å². The van der Waals surface area contributed by atoms with Crippen LogP contribution < -0.4 is 16.0 Å². The van der Waals surface area contributed by atoms with Gasteiger partial charge >= 0.3 is 5.97 Å². The Labute approximate surface area is 214 Å². The Bertz CT molecular complexity index is 1000. The number of nitrogens with one attached hydrogen (secondary N) is 3. The van der Waals surface area contributed by atoms with Gasteiger partial charge in [0.1, 0.15) is 6.04 Å². The molecule has 2 aromatic rings. The van der Waals surface area contributed by atoms with E-state index in [9.17, 15) is 14.4 Å². The molecule has 196 valence electrons. The summed E-state index contributed by atoms with van der Waals surface area (Å²) in [4.78, 5) is 36.9. The molecule has 7 nitrogen and oxygen atoms in total. The molecule has 0 aromatic heterocycles. The molecule has 0 unspecified atom stereocenters. The first kappa shape index (κ1) is 27.7. The van der Waals surface area contributed by atoms with Crippen LogP contribution in [0.1, 0.15) is 63.9 Å². The van der Waals surface area contributed by atoms with Crippen molar-refractivity contribution in [3.63, 3.8) is 0 Å². The lowest BCUT2D eigenvalue weighted by Gasteiger charge is -2.29. The van der Waals surface area contributed by atoms with Gasteiger partial charge in [-0.3, -0.25) is 14.4 Å². The summed E-state index contributed by atoms with van der Waals surface area (Å²) in [5.41, 5.74) is 1.00. The molecule has 4 N–H and O–H groups in total. The van der Waals surface area contributed by atoms with Crippen molar-refractivity contribution < 1.29 is 19.5 Å². The van der Waals surface area contributed by atoms with E-state index in [0.717, 1.165) is 61.5 Å². The number of rotatable bonds is 14. The third-order valence-electron chi connectivity index (χ3n) is 7.15. The quantitative estimate of drug-likeness (QED) is 0.296. The van der Waals surface area contributed by atoms with Crippen LogP contribution in [0.3, 0.4) is 0 Å². The number of unbranched alkanes of at least 4 members (excludes halogenated alkanes) is 2. The van der Waals surface area contributed by atoms with Crippen molar-refractivity contribution in [1.82, 2.24) is 16.0 Å². The molecule has 2 amide bonds. The van der Waals surface area contributed by atoms with E-state index in [2.05, 4.69) is 47.1 Å². The monoisotopic (exact) mass is 495 g/mol. The highest BCUT2D eigenvalue weighted by Gasteiger charge is 2.29. The van der Waals surface area contributed by atoms with Gasteiger partial charge in [0.25, 0.3) is 0 Å². The predicted octanol–water partition coefficient (Wildman–Crippen LogP) is 4.04. The molecule has 2 aromatic carbocycles. The van der Waals surface area contributed by atoms with Crippen molar-refractivity contribution in [3.05, 3.63) is 48.0 Å². The first-order chi connectivity index (χ1) is 17.5. The van der Waals surface area contributed by atoms with Crippen LogP contribution in [-0.4, -0.2) is 48.6 Å². The lowest BCUT2D eigenvalue weighted by Crippen LogP contribution is -2.50. The fraction of sp³-hybridized carbons (Fsp3) is 0.552. The number of hydrogen-bond acceptors (Lipinski definition) is 4. The molecule has 1 aliphatic rings. The van der Waals surface area contributed by atoms with Crippen molar-refractivity contribution in [2.24, 2.45) is 11.8 Å². The van der Waals surface area contributed by atoms with Crippen molar-refractivity contribution in [3.8, 4) is 0 Å². The molecule has 0 radical (unpaired) electrons. The number of carbonyl (C=O) groups excluding carboxylic acids is 2. The SMILES string of the molecule is CCNCC1CCC(C(=O)N[C@@H](Cc2ccc3ccccc3c2)C(=O)NCCCCCC(=O)O)CC1. The maximum Gasteiger partial charge on any atom is 0.303 e. The molecule has 3 rings (SSSR count). The van der Waals surface area contributed by atoms with Crippen molar-refractivity contribution in [1.29, 1.82) is 0 Å². The fourth-order valence-corrected chi connectivity index (χ4v) is 4.99. The van der Waals surface area contributed by atoms with Crippen LogP contribution >= 0.6 is 0 Å². The van der Waals surface area contributed by atoms with Crippen LogP contribution in [0.2, 0.25) is 0 Å². The minimum Gasteiger partial charge on any atom is -0.481 e. The highest BCUT2D eigenvalue weighted by atomic mass is 16.4. The molecule has 1 saturated carbocycles. The maximum atomic E-state index is 13.2. The van der Waals surface area contributed by atoms with Gasteiger partial charge in [0, 0.05) is 25.3 Å². The molecule has 1 fully saturated rings. The summed E-state index contributed by atoms with van der Waals surface area (Å²) in [6, 6.07) is 13.6. The molecule has 1 atom stereocenters. The Morgan fingerprint density at radius 3 is 2.44 bits per heavy atom. The zero-order chi connectivity index (χ0) is 25.8. The lowest BCUT2D eigenvalue weighted by molar-refractivity contribution is -0.137. The first-order valence-corrected chi connectivity index (χ1v) is 13.4. The van der Waals surface area contributed by atoms with Crippen LogP contribution in [0.5, 0.6) is 0 Å².